The summed E-state index contributed by atoms with van der Waals surface area (Å²) in [6, 6.07) is 0.743. The third-order valence-electron chi connectivity index (χ3n) is 5.72. The van der Waals surface area contributed by atoms with Gasteiger partial charge >= 0.3 is 0 Å². The van der Waals surface area contributed by atoms with E-state index in [0.29, 0.717) is 12.3 Å². The Balaban J connectivity index is 1.64. The van der Waals surface area contributed by atoms with Crippen molar-refractivity contribution in [2.45, 2.75) is 57.9 Å². The molecule has 1 amide bonds. The lowest BCUT2D eigenvalue weighted by Crippen LogP contribution is -2.46. The predicted molar refractivity (Wildman–Crippen MR) is 104 cm³/mol. The summed E-state index contributed by atoms with van der Waals surface area (Å²) in [7, 11) is 3.58. The molecule has 144 valence electrons. The van der Waals surface area contributed by atoms with Crippen LogP contribution in [0.1, 0.15) is 51.9 Å². The summed E-state index contributed by atoms with van der Waals surface area (Å²) in [5.41, 5.74) is 0. The summed E-state index contributed by atoms with van der Waals surface area (Å²) < 4.78 is 0. The number of nitrogens with zero attached hydrogens (tertiary/aromatic N) is 3. The lowest BCUT2D eigenvalue weighted by molar-refractivity contribution is -0.121. The van der Waals surface area contributed by atoms with Crippen LogP contribution in [-0.4, -0.2) is 74.5 Å². The van der Waals surface area contributed by atoms with Crippen molar-refractivity contribution < 1.29 is 4.79 Å². The van der Waals surface area contributed by atoms with Crippen molar-refractivity contribution in [3.63, 3.8) is 0 Å². The minimum atomic E-state index is 0.160. The Kier molecular flexibility index (Phi) is 8.52. The van der Waals surface area contributed by atoms with E-state index in [9.17, 15) is 4.79 Å². The molecule has 2 saturated heterocycles. The van der Waals surface area contributed by atoms with Crippen molar-refractivity contribution in [2.75, 3.05) is 46.8 Å². The third-order valence-corrected chi connectivity index (χ3v) is 5.72. The average Bonchev–Trinajstić information content (AvgIpc) is 2.64. The molecule has 0 aliphatic carbocycles. The van der Waals surface area contributed by atoms with E-state index in [-0.39, 0.29) is 5.91 Å². The number of guanidine groups is 1. The fourth-order valence-electron chi connectivity index (χ4n) is 4.02. The molecular weight excluding hydrogens is 314 g/mol. The van der Waals surface area contributed by atoms with E-state index in [2.05, 4.69) is 32.3 Å². The maximum Gasteiger partial charge on any atom is 0.220 e. The SMILES string of the molecule is CN=C(NCCCN1CCCCC1C)N1CCC(CC(=O)NC)CC1. The number of hydrogen-bond acceptors (Lipinski definition) is 3. The fourth-order valence-corrected chi connectivity index (χ4v) is 4.02. The number of carbonyl (C=O) groups is 1. The Labute approximate surface area is 153 Å². The highest BCUT2D eigenvalue weighted by Gasteiger charge is 2.23. The molecule has 0 spiro atoms. The van der Waals surface area contributed by atoms with Gasteiger partial charge in [0.25, 0.3) is 0 Å². The molecular formula is C19H37N5O. The van der Waals surface area contributed by atoms with Gasteiger partial charge in [0.1, 0.15) is 0 Å². The molecule has 25 heavy (non-hydrogen) atoms. The zero-order valence-electron chi connectivity index (χ0n) is 16.4. The first kappa shape index (κ1) is 20.0. The van der Waals surface area contributed by atoms with Crippen molar-refractivity contribution >= 4 is 11.9 Å². The summed E-state index contributed by atoms with van der Waals surface area (Å²) in [5, 5.41) is 6.26. The number of piperidine rings is 2. The number of rotatable bonds is 6. The quantitative estimate of drug-likeness (QED) is 0.434. The lowest BCUT2D eigenvalue weighted by Gasteiger charge is -2.35. The monoisotopic (exact) mass is 351 g/mol. The smallest absolute Gasteiger partial charge is 0.220 e. The molecule has 0 bridgehead atoms. The van der Waals surface area contributed by atoms with Crippen molar-refractivity contribution in [3.05, 3.63) is 0 Å². The fraction of sp³-hybridized carbons (Fsp3) is 0.895. The minimum Gasteiger partial charge on any atom is -0.359 e. The molecule has 1 unspecified atom stereocenters. The van der Waals surface area contributed by atoms with Crippen molar-refractivity contribution in [3.8, 4) is 0 Å². The van der Waals surface area contributed by atoms with Crippen LogP contribution in [0.15, 0.2) is 4.99 Å². The Hall–Kier alpha value is -1.30. The molecule has 2 heterocycles. The van der Waals surface area contributed by atoms with Gasteiger partial charge in [-0.1, -0.05) is 6.42 Å². The van der Waals surface area contributed by atoms with Gasteiger partial charge in [-0.3, -0.25) is 9.79 Å². The number of amides is 1. The molecule has 2 N–H and O–H groups in total. The van der Waals surface area contributed by atoms with Crippen molar-refractivity contribution in [2.24, 2.45) is 10.9 Å². The van der Waals surface area contributed by atoms with Gasteiger partial charge in [-0.2, -0.15) is 0 Å². The van der Waals surface area contributed by atoms with Crippen LogP contribution in [0.3, 0.4) is 0 Å². The van der Waals surface area contributed by atoms with Crippen LogP contribution in [0, 0.1) is 5.92 Å². The van der Waals surface area contributed by atoms with Gasteiger partial charge < -0.3 is 20.4 Å². The first-order chi connectivity index (χ1) is 12.1. The topological polar surface area (TPSA) is 60.0 Å². The van der Waals surface area contributed by atoms with Gasteiger partial charge in [0.2, 0.25) is 5.91 Å². The van der Waals surface area contributed by atoms with Crippen LogP contribution in [-0.2, 0) is 4.79 Å². The molecule has 0 aromatic carbocycles. The lowest BCUT2D eigenvalue weighted by atomic mass is 9.93. The number of aliphatic imine (C=N–C) groups is 1. The van der Waals surface area contributed by atoms with Crippen LogP contribution in [0.25, 0.3) is 0 Å². The Morgan fingerprint density at radius 2 is 1.92 bits per heavy atom. The summed E-state index contributed by atoms with van der Waals surface area (Å²) in [4.78, 5) is 20.9. The average molecular weight is 352 g/mol. The van der Waals surface area contributed by atoms with Crippen LogP contribution in [0.5, 0.6) is 0 Å². The van der Waals surface area contributed by atoms with Gasteiger partial charge in [-0.05, 0) is 51.5 Å². The second kappa shape index (κ2) is 10.6. The van der Waals surface area contributed by atoms with Crippen molar-refractivity contribution in [1.82, 2.24) is 20.4 Å². The molecule has 0 radical (unpaired) electrons. The summed E-state index contributed by atoms with van der Waals surface area (Å²) in [6.07, 6.45) is 8.04. The number of nitrogens with one attached hydrogen (secondary N) is 2. The zero-order valence-corrected chi connectivity index (χ0v) is 16.4. The van der Waals surface area contributed by atoms with Crippen LogP contribution in [0.2, 0.25) is 0 Å². The summed E-state index contributed by atoms with van der Waals surface area (Å²) in [5.74, 6) is 1.69. The first-order valence-electron chi connectivity index (χ1n) is 10.0. The standard InChI is InChI=1S/C19H37N5O/c1-16-7-4-5-11-23(16)12-6-10-22-19(21-3)24-13-8-17(9-14-24)15-18(25)20-2/h16-17H,4-15H2,1-3H3,(H,20,25)(H,21,22). The highest BCUT2D eigenvalue weighted by atomic mass is 16.1. The van der Waals surface area contributed by atoms with E-state index in [1.165, 1.54) is 32.4 Å². The molecule has 6 heteroatoms. The van der Waals surface area contributed by atoms with Crippen LogP contribution in [0.4, 0.5) is 0 Å². The minimum absolute atomic E-state index is 0.160. The van der Waals surface area contributed by atoms with E-state index in [4.69, 9.17) is 0 Å². The summed E-state index contributed by atoms with van der Waals surface area (Å²) >= 11 is 0. The first-order valence-corrected chi connectivity index (χ1v) is 10.0. The molecule has 0 aromatic rings. The zero-order chi connectivity index (χ0) is 18.1. The maximum atomic E-state index is 11.5. The molecule has 1 atom stereocenters. The number of likely N-dealkylation sites (tertiary alicyclic amines) is 2. The second-order valence-corrected chi connectivity index (χ2v) is 7.52. The normalized spacial score (nSPS) is 23.6. The molecule has 2 rings (SSSR count). The molecule has 0 aromatic heterocycles. The van der Waals surface area contributed by atoms with Gasteiger partial charge in [0.15, 0.2) is 5.96 Å². The van der Waals surface area contributed by atoms with Gasteiger partial charge in [-0.15, -0.1) is 0 Å². The Morgan fingerprint density at radius 1 is 1.16 bits per heavy atom. The predicted octanol–water partition coefficient (Wildman–Crippen LogP) is 1.67. The number of hydrogen-bond donors (Lipinski definition) is 2. The summed E-state index contributed by atoms with van der Waals surface area (Å²) in [6.45, 7) is 7.76. The Morgan fingerprint density at radius 3 is 2.56 bits per heavy atom. The van der Waals surface area contributed by atoms with E-state index in [1.807, 2.05) is 7.05 Å². The number of carbonyl (C=O) groups excluding carboxylic acids is 1. The second-order valence-electron chi connectivity index (χ2n) is 7.52. The molecule has 2 aliphatic heterocycles. The van der Waals surface area contributed by atoms with E-state index < -0.39 is 0 Å². The van der Waals surface area contributed by atoms with Gasteiger partial charge in [0, 0.05) is 52.7 Å². The Bertz CT molecular complexity index is 432. The molecule has 0 saturated carbocycles. The highest BCUT2D eigenvalue weighted by Crippen LogP contribution is 2.20. The third kappa shape index (κ3) is 6.49. The van der Waals surface area contributed by atoms with Crippen LogP contribution >= 0.6 is 0 Å². The van der Waals surface area contributed by atoms with Gasteiger partial charge in [0.05, 0.1) is 0 Å². The maximum absolute atomic E-state index is 11.5. The molecule has 2 fully saturated rings. The molecule has 2 aliphatic rings. The largest absolute Gasteiger partial charge is 0.359 e. The van der Waals surface area contributed by atoms with E-state index in [1.54, 1.807) is 7.05 Å². The molecule has 6 nitrogen and oxygen atoms in total. The van der Waals surface area contributed by atoms with E-state index in [0.717, 1.165) is 50.9 Å². The van der Waals surface area contributed by atoms with Gasteiger partial charge in [-0.25, -0.2) is 0 Å². The van der Waals surface area contributed by atoms with Crippen molar-refractivity contribution in [1.29, 1.82) is 0 Å². The van der Waals surface area contributed by atoms with E-state index >= 15 is 0 Å². The van der Waals surface area contributed by atoms with Crippen LogP contribution < -0.4 is 10.6 Å². The highest BCUT2D eigenvalue weighted by molar-refractivity contribution is 5.80.